The summed E-state index contributed by atoms with van der Waals surface area (Å²) in [4.78, 5) is 21.3. The summed E-state index contributed by atoms with van der Waals surface area (Å²) in [6.07, 6.45) is 21.5. The second kappa shape index (κ2) is 22.9. The van der Waals surface area contributed by atoms with Gasteiger partial charge in [-0.3, -0.25) is 13.8 Å². The minimum atomic E-state index is -4.29. The van der Waals surface area contributed by atoms with E-state index in [0.29, 0.717) is 19.3 Å². The lowest BCUT2D eigenvalue weighted by molar-refractivity contribution is -0.153. The number of phosphoric ester groups is 1. The summed E-state index contributed by atoms with van der Waals surface area (Å²) in [5.74, 6) is -0.531. The van der Waals surface area contributed by atoms with Gasteiger partial charge in [-0.25, -0.2) is 4.57 Å². The first-order chi connectivity index (χ1) is 16.8. The number of aliphatic hydroxyl groups excluding tert-OH is 2. The predicted octanol–water partition coefficient (Wildman–Crippen LogP) is 4.10. The fraction of sp³-hybridized carbons (Fsp3) is 0.640. The Bertz CT molecular complexity index is 693. The van der Waals surface area contributed by atoms with E-state index in [2.05, 4.69) is 22.0 Å². The van der Waals surface area contributed by atoms with Crippen molar-refractivity contribution in [1.29, 1.82) is 0 Å². The van der Waals surface area contributed by atoms with Gasteiger partial charge in [-0.1, -0.05) is 68.4 Å². The Labute approximate surface area is 210 Å². The fourth-order valence-electron chi connectivity index (χ4n) is 2.70. The molecule has 0 rings (SSSR count). The molecule has 10 heteroatoms. The summed E-state index contributed by atoms with van der Waals surface area (Å²) in [5.41, 5.74) is 5.18. The summed E-state index contributed by atoms with van der Waals surface area (Å²) in [6, 6.07) is 0. The van der Waals surface area contributed by atoms with Crippen LogP contribution in [0, 0.1) is 0 Å². The average molecular weight is 518 g/mol. The molecule has 0 aromatic rings. The molecule has 0 heterocycles. The van der Waals surface area contributed by atoms with Gasteiger partial charge in [0.05, 0.1) is 25.9 Å². The minimum Gasteiger partial charge on any atom is -0.457 e. The van der Waals surface area contributed by atoms with Gasteiger partial charge in [0.15, 0.2) is 0 Å². The number of esters is 1. The summed E-state index contributed by atoms with van der Waals surface area (Å²) >= 11 is 0. The van der Waals surface area contributed by atoms with Crippen molar-refractivity contribution >= 4 is 13.8 Å². The second-order valence-corrected chi connectivity index (χ2v) is 9.32. The first-order valence-corrected chi connectivity index (χ1v) is 13.8. The van der Waals surface area contributed by atoms with Crippen LogP contribution in [0.1, 0.15) is 64.7 Å². The molecule has 9 nitrogen and oxygen atoms in total. The van der Waals surface area contributed by atoms with E-state index in [9.17, 15) is 24.5 Å². The van der Waals surface area contributed by atoms with Crippen molar-refractivity contribution in [2.45, 2.75) is 76.9 Å². The van der Waals surface area contributed by atoms with Gasteiger partial charge >= 0.3 is 13.8 Å². The number of nitrogens with two attached hydrogens (primary N) is 1. The van der Waals surface area contributed by atoms with Crippen molar-refractivity contribution in [3.8, 4) is 0 Å². The van der Waals surface area contributed by atoms with Gasteiger partial charge < -0.3 is 25.6 Å². The van der Waals surface area contributed by atoms with E-state index in [1.807, 2.05) is 36.5 Å². The molecular formula is C25H44NO8P. The molecule has 0 aliphatic heterocycles. The number of hydrogen-bond acceptors (Lipinski definition) is 8. The monoisotopic (exact) mass is 517 g/mol. The van der Waals surface area contributed by atoms with Crippen LogP contribution >= 0.6 is 7.82 Å². The molecular weight excluding hydrogens is 473 g/mol. The zero-order valence-electron chi connectivity index (χ0n) is 20.9. The van der Waals surface area contributed by atoms with Crippen LogP contribution in [0.5, 0.6) is 0 Å². The number of aliphatic hydroxyl groups is 2. The normalized spacial score (nSPS) is 15.9. The molecule has 3 atom stereocenters. The highest BCUT2D eigenvalue weighted by molar-refractivity contribution is 7.47. The standard InChI is InChI=1S/C25H44NO8P/c1-2-3-4-5-10-13-16-23(28)17-14-11-8-6-7-9-12-15-18-25(29)34-24(21-27)22-33-35(30,31)32-20-19-26/h7-11,13-14,17,23-24,27-28H,2-6,12,15-16,18-22,26H2,1H3,(H,30,31)/b9-7-,11-8-,13-10-,17-14+/t23-,24+/m0/s1. The van der Waals surface area contributed by atoms with Crippen molar-refractivity contribution in [2.24, 2.45) is 5.73 Å². The van der Waals surface area contributed by atoms with Gasteiger partial charge in [0, 0.05) is 13.0 Å². The molecule has 0 bridgehead atoms. The number of carbonyl (C=O) groups is 1. The van der Waals surface area contributed by atoms with Gasteiger partial charge in [-0.05, 0) is 38.5 Å². The van der Waals surface area contributed by atoms with Crippen LogP contribution in [0.2, 0.25) is 0 Å². The molecule has 0 radical (unpaired) electrons. The maximum atomic E-state index is 11.9. The van der Waals surface area contributed by atoms with Crippen molar-refractivity contribution in [1.82, 2.24) is 0 Å². The molecule has 35 heavy (non-hydrogen) atoms. The Kier molecular flexibility index (Phi) is 21.8. The first kappa shape index (κ1) is 33.4. The van der Waals surface area contributed by atoms with Gasteiger partial charge in [-0.15, -0.1) is 0 Å². The third-order valence-corrected chi connectivity index (χ3v) is 5.57. The highest BCUT2D eigenvalue weighted by Gasteiger charge is 2.24. The molecule has 0 fully saturated rings. The van der Waals surface area contributed by atoms with Crippen LogP contribution in [-0.2, 0) is 23.1 Å². The number of ether oxygens (including phenoxy) is 1. The second-order valence-electron chi connectivity index (χ2n) is 7.86. The van der Waals surface area contributed by atoms with Crippen LogP contribution in [0.3, 0.4) is 0 Å². The summed E-state index contributed by atoms with van der Waals surface area (Å²) in [6.45, 7) is 1.07. The predicted molar refractivity (Wildman–Crippen MR) is 138 cm³/mol. The molecule has 5 N–H and O–H groups in total. The molecule has 0 aromatic heterocycles. The van der Waals surface area contributed by atoms with Gasteiger partial charge in [0.2, 0.25) is 0 Å². The van der Waals surface area contributed by atoms with E-state index in [1.54, 1.807) is 6.08 Å². The third-order valence-electron chi connectivity index (χ3n) is 4.59. The average Bonchev–Trinajstić information content (AvgIpc) is 2.83. The minimum absolute atomic E-state index is 0.0512. The Hall–Kier alpha value is -1.58. The summed E-state index contributed by atoms with van der Waals surface area (Å²) < 4.78 is 25.8. The molecule has 0 aliphatic carbocycles. The molecule has 0 aliphatic rings. The number of allylic oxidation sites excluding steroid dienone is 6. The third kappa shape index (κ3) is 22.6. The van der Waals surface area contributed by atoms with Crippen LogP contribution in [0.15, 0.2) is 48.6 Å². The van der Waals surface area contributed by atoms with Crippen molar-refractivity contribution in [3.63, 3.8) is 0 Å². The summed E-state index contributed by atoms with van der Waals surface area (Å²) in [5, 5.41) is 19.1. The molecule has 0 aromatic carbocycles. The summed E-state index contributed by atoms with van der Waals surface area (Å²) in [7, 11) is -4.29. The lowest BCUT2D eigenvalue weighted by Gasteiger charge is -2.17. The fourth-order valence-corrected chi connectivity index (χ4v) is 3.47. The van der Waals surface area contributed by atoms with Gasteiger partial charge in [0.1, 0.15) is 6.10 Å². The van der Waals surface area contributed by atoms with E-state index < -0.39 is 39.2 Å². The van der Waals surface area contributed by atoms with Crippen LogP contribution in [0.25, 0.3) is 0 Å². The van der Waals surface area contributed by atoms with Crippen LogP contribution in [-0.4, -0.2) is 59.6 Å². The van der Waals surface area contributed by atoms with E-state index in [1.165, 1.54) is 19.3 Å². The molecule has 0 saturated carbocycles. The Morgan fingerprint density at radius 2 is 1.77 bits per heavy atom. The molecule has 202 valence electrons. The molecule has 0 saturated heterocycles. The van der Waals surface area contributed by atoms with E-state index >= 15 is 0 Å². The van der Waals surface area contributed by atoms with Crippen LogP contribution in [0.4, 0.5) is 0 Å². The number of phosphoric acid groups is 1. The van der Waals surface area contributed by atoms with Crippen molar-refractivity contribution in [3.05, 3.63) is 48.6 Å². The number of carbonyl (C=O) groups excluding carboxylic acids is 1. The topological polar surface area (TPSA) is 149 Å². The first-order valence-electron chi connectivity index (χ1n) is 12.3. The van der Waals surface area contributed by atoms with Crippen molar-refractivity contribution in [2.75, 3.05) is 26.4 Å². The Morgan fingerprint density at radius 1 is 1.03 bits per heavy atom. The number of rotatable bonds is 22. The maximum Gasteiger partial charge on any atom is 0.472 e. The van der Waals surface area contributed by atoms with E-state index in [4.69, 9.17) is 10.5 Å². The van der Waals surface area contributed by atoms with Crippen LogP contribution < -0.4 is 5.73 Å². The quantitative estimate of drug-likeness (QED) is 0.0547. The number of hydrogen-bond donors (Lipinski definition) is 4. The number of unbranched alkanes of at least 4 members (excludes halogenated alkanes) is 4. The molecule has 0 amide bonds. The maximum absolute atomic E-state index is 11.9. The Morgan fingerprint density at radius 3 is 2.49 bits per heavy atom. The smallest absolute Gasteiger partial charge is 0.457 e. The lowest BCUT2D eigenvalue weighted by atomic mass is 10.1. The Balaban J connectivity index is 3.94. The van der Waals surface area contributed by atoms with E-state index in [0.717, 1.165) is 12.8 Å². The SMILES string of the molecule is CCCCC/C=C\C[C@H](O)/C=C/C=C\C/C=C\CCCC(=O)O[C@H](CO)COP(=O)(O)OCCN. The molecule has 0 spiro atoms. The van der Waals surface area contributed by atoms with Crippen molar-refractivity contribution < 1.29 is 38.3 Å². The zero-order valence-corrected chi connectivity index (χ0v) is 21.8. The van der Waals surface area contributed by atoms with E-state index in [-0.39, 0.29) is 19.6 Å². The highest BCUT2D eigenvalue weighted by atomic mass is 31.2. The van der Waals surface area contributed by atoms with Gasteiger partial charge in [-0.2, -0.15) is 0 Å². The highest BCUT2D eigenvalue weighted by Crippen LogP contribution is 2.42. The largest absolute Gasteiger partial charge is 0.472 e. The lowest BCUT2D eigenvalue weighted by Crippen LogP contribution is -2.27. The molecule has 1 unspecified atom stereocenters. The zero-order chi connectivity index (χ0) is 26.2. The van der Waals surface area contributed by atoms with Gasteiger partial charge in [0.25, 0.3) is 0 Å².